The first-order valence-corrected chi connectivity index (χ1v) is 11.4. The highest BCUT2D eigenvalue weighted by atomic mass is 32.1. The molecule has 0 atom stereocenters. The minimum atomic E-state index is -0.000437. The van der Waals surface area contributed by atoms with Crippen molar-refractivity contribution in [3.63, 3.8) is 0 Å². The molecule has 1 aliphatic rings. The normalized spacial score (nSPS) is 19.3. The Morgan fingerprint density at radius 1 is 1.17 bits per heavy atom. The van der Waals surface area contributed by atoms with Gasteiger partial charge in [0.25, 0.3) is 5.56 Å². The van der Waals surface area contributed by atoms with E-state index in [0.717, 1.165) is 42.3 Å². The van der Waals surface area contributed by atoms with Gasteiger partial charge >= 0.3 is 0 Å². The lowest BCUT2D eigenvalue weighted by Gasteiger charge is -2.28. The molecule has 152 valence electrons. The average molecular weight is 428 g/mol. The molecule has 2 aromatic heterocycles. The Kier molecular flexibility index (Phi) is 6.25. The molecule has 29 heavy (non-hydrogen) atoms. The van der Waals surface area contributed by atoms with Gasteiger partial charge in [0.05, 0.1) is 5.52 Å². The van der Waals surface area contributed by atoms with Crippen molar-refractivity contribution in [2.75, 3.05) is 6.54 Å². The summed E-state index contributed by atoms with van der Waals surface area (Å²) in [6, 6.07) is 12.1. The monoisotopic (exact) mass is 427 g/mol. The molecule has 0 aliphatic heterocycles. The summed E-state index contributed by atoms with van der Waals surface area (Å²) >= 11 is 6.85. The molecule has 1 aliphatic carbocycles. The third-order valence-corrected chi connectivity index (χ3v) is 7.03. The maximum atomic E-state index is 12.7. The molecule has 2 N–H and O–H groups in total. The lowest BCUT2D eigenvalue weighted by Crippen LogP contribution is -2.35. The Bertz CT molecular complexity index is 1090. The molecule has 7 heteroatoms. The van der Waals surface area contributed by atoms with Crippen LogP contribution in [-0.4, -0.2) is 22.0 Å². The molecular formula is C22H25N3O2S2. The summed E-state index contributed by atoms with van der Waals surface area (Å²) in [5.41, 5.74) is 2.05. The summed E-state index contributed by atoms with van der Waals surface area (Å²) in [4.78, 5) is 28.4. The van der Waals surface area contributed by atoms with Crippen molar-refractivity contribution in [1.82, 2.24) is 14.9 Å². The first-order valence-electron chi connectivity index (χ1n) is 10.1. The van der Waals surface area contributed by atoms with Crippen LogP contribution in [0.3, 0.4) is 0 Å². The zero-order valence-corrected chi connectivity index (χ0v) is 17.9. The molecule has 3 aromatic rings. The fourth-order valence-electron chi connectivity index (χ4n) is 4.12. The molecule has 5 nitrogen and oxygen atoms in total. The van der Waals surface area contributed by atoms with E-state index in [0.29, 0.717) is 23.8 Å². The Morgan fingerprint density at radius 3 is 2.69 bits per heavy atom. The van der Waals surface area contributed by atoms with E-state index in [1.54, 1.807) is 4.57 Å². The Balaban J connectivity index is 1.29. The predicted octanol–water partition coefficient (Wildman–Crippen LogP) is 4.29. The second kappa shape index (κ2) is 9.05. The summed E-state index contributed by atoms with van der Waals surface area (Å²) in [5, 5.41) is 4.99. The van der Waals surface area contributed by atoms with Gasteiger partial charge in [-0.05, 0) is 67.2 Å². The number of rotatable bonds is 6. The molecule has 0 saturated heterocycles. The molecule has 2 heterocycles. The summed E-state index contributed by atoms with van der Waals surface area (Å²) in [7, 11) is 0. The van der Waals surface area contributed by atoms with Crippen molar-refractivity contribution in [1.29, 1.82) is 0 Å². The van der Waals surface area contributed by atoms with E-state index >= 15 is 0 Å². The highest BCUT2D eigenvalue weighted by Gasteiger charge is 2.26. The van der Waals surface area contributed by atoms with Gasteiger partial charge in [-0.25, -0.2) is 0 Å². The van der Waals surface area contributed by atoms with Crippen LogP contribution in [0.4, 0.5) is 0 Å². The number of fused-ring (bicyclic) bond motifs is 1. The number of carbonyl (C=O) groups is 1. The fraction of sp³-hybridized carbons (Fsp3) is 0.409. The van der Waals surface area contributed by atoms with Crippen LogP contribution in [-0.2, 0) is 17.8 Å². The van der Waals surface area contributed by atoms with E-state index in [9.17, 15) is 9.59 Å². The predicted molar refractivity (Wildman–Crippen MR) is 120 cm³/mol. The van der Waals surface area contributed by atoms with Crippen LogP contribution < -0.4 is 10.9 Å². The van der Waals surface area contributed by atoms with E-state index in [-0.39, 0.29) is 17.4 Å². The summed E-state index contributed by atoms with van der Waals surface area (Å²) in [5.74, 6) is 0.621. The van der Waals surface area contributed by atoms with Crippen molar-refractivity contribution < 1.29 is 4.79 Å². The van der Waals surface area contributed by atoms with Crippen LogP contribution in [0.25, 0.3) is 10.2 Å². The van der Waals surface area contributed by atoms with Gasteiger partial charge in [0, 0.05) is 19.0 Å². The van der Waals surface area contributed by atoms with Crippen LogP contribution in [0.15, 0.2) is 46.6 Å². The Labute approximate surface area is 178 Å². The molecule has 0 unspecified atom stereocenters. The maximum absolute atomic E-state index is 12.7. The molecular weight excluding hydrogens is 402 g/mol. The van der Waals surface area contributed by atoms with Crippen molar-refractivity contribution >= 4 is 39.7 Å². The molecule has 1 amide bonds. The second-order valence-corrected chi connectivity index (χ2v) is 9.06. The van der Waals surface area contributed by atoms with Gasteiger partial charge in [0.1, 0.15) is 4.70 Å². The van der Waals surface area contributed by atoms with Crippen LogP contribution in [0.5, 0.6) is 0 Å². The number of thiophene rings is 1. The first-order chi connectivity index (χ1) is 14.1. The van der Waals surface area contributed by atoms with Crippen LogP contribution >= 0.6 is 23.6 Å². The Morgan fingerprint density at radius 2 is 1.93 bits per heavy atom. The van der Waals surface area contributed by atoms with Crippen molar-refractivity contribution in [2.24, 2.45) is 11.8 Å². The molecule has 4 rings (SSSR count). The number of nitrogens with zero attached hydrogens (tertiary/aromatic N) is 1. The molecule has 0 bridgehead atoms. The van der Waals surface area contributed by atoms with E-state index < -0.39 is 0 Å². The standard InChI is InChI=1S/C22H25N3O2S2/c26-20(23-12-10-15-4-2-1-3-5-15)17-8-6-16(7-9-17)14-25-21(27)19-18(11-13-29-19)24-22(25)28/h1-5,11,13,16-17H,6-10,12,14H2,(H,23,26)(H,24,28). The number of nitrogens with one attached hydrogen (secondary N) is 2. The third kappa shape index (κ3) is 4.67. The maximum Gasteiger partial charge on any atom is 0.272 e. The van der Waals surface area contributed by atoms with Gasteiger partial charge in [0.15, 0.2) is 4.77 Å². The van der Waals surface area contributed by atoms with Gasteiger partial charge in [0.2, 0.25) is 5.91 Å². The van der Waals surface area contributed by atoms with Gasteiger partial charge in [-0.2, -0.15) is 0 Å². The van der Waals surface area contributed by atoms with Crippen molar-refractivity contribution in [2.45, 2.75) is 38.6 Å². The topological polar surface area (TPSA) is 66.9 Å². The van der Waals surface area contributed by atoms with E-state index in [1.807, 2.05) is 29.6 Å². The van der Waals surface area contributed by atoms with Gasteiger partial charge in [-0.15, -0.1) is 11.3 Å². The molecule has 1 saturated carbocycles. The van der Waals surface area contributed by atoms with E-state index in [1.165, 1.54) is 16.9 Å². The smallest absolute Gasteiger partial charge is 0.272 e. The summed E-state index contributed by atoms with van der Waals surface area (Å²) in [6.45, 7) is 1.30. The lowest BCUT2D eigenvalue weighted by molar-refractivity contribution is -0.126. The van der Waals surface area contributed by atoms with Gasteiger partial charge < -0.3 is 10.3 Å². The highest BCUT2D eigenvalue weighted by Crippen LogP contribution is 2.30. The lowest BCUT2D eigenvalue weighted by atomic mass is 9.81. The zero-order chi connectivity index (χ0) is 20.2. The molecule has 1 aromatic carbocycles. The number of hydrogen-bond acceptors (Lipinski definition) is 4. The number of carbonyl (C=O) groups excluding carboxylic acids is 1. The second-order valence-electron chi connectivity index (χ2n) is 7.75. The number of hydrogen-bond donors (Lipinski definition) is 2. The summed E-state index contributed by atoms with van der Waals surface area (Å²) in [6.07, 6.45) is 4.48. The number of amides is 1. The van der Waals surface area contributed by atoms with Crippen LogP contribution in [0.2, 0.25) is 0 Å². The van der Waals surface area contributed by atoms with Crippen LogP contribution in [0.1, 0.15) is 31.2 Å². The number of benzene rings is 1. The average Bonchev–Trinajstić information content (AvgIpc) is 3.21. The van der Waals surface area contributed by atoms with E-state index in [4.69, 9.17) is 12.2 Å². The SMILES string of the molecule is O=C(NCCc1ccccc1)C1CCC(Cn2c(=S)[nH]c3ccsc3c2=O)CC1. The minimum absolute atomic E-state index is 0.000437. The molecule has 1 fully saturated rings. The zero-order valence-electron chi connectivity index (χ0n) is 16.2. The number of H-pyrrole nitrogens is 1. The number of aromatic amines is 1. The van der Waals surface area contributed by atoms with Crippen molar-refractivity contribution in [3.05, 3.63) is 62.5 Å². The highest BCUT2D eigenvalue weighted by molar-refractivity contribution is 7.71. The molecule has 0 spiro atoms. The van der Waals surface area contributed by atoms with Crippen molar-refractivity contribution in [3.8, 4) is 0 Å². The largest absolute Gasteiger partial charge is 0.356 e. The van der Waals surface area contributed by atoms with Crippen LogP contribution in [0, 0.1) is 16.6 Å². The van der Waals surface area contributed by atoms with Gasteiger partial charge in [-0.3, -0.25) is 14.2 Å². The van der Waals surface area contributed by atoms with Gasteiger partial charge in [-0.1, -0.05) is 30.3 Å². The first kappa shape index (κ1) is 20.0. The number of aromatic nitrogens is 2. The quantitative estimate of drug-likeness (QED) is 0.577. The third-order valence-electron chi connectivity index (χ3n) is 5.81. The fourth-order valence-corrected chi connectivity index (χ4v) is 5.19. The van der Waals surface area contributed by atoms with E-state index in [2.05, 4.69) is 22.4 Å². The molecule has 0 radical (unpaired) electrons. The minimum Gasteiger partial charge on any atom is -0.356 e. The Hall–Kier alpha value is -2.25. The summed E-state index contributed by atoms with van der Waals surface area (Å²) < 4.78 is 2.91.